The quantitative estimate of drug-likeness (QED) is 0.632. The van der Waals surface area contributed by atoms with Crippen molar-refractivity contribution >= 4 is 27.3 Å². The van der Waals surface area contributed by atoms with Crippen LogP contribution in [0, 0.1) is 26.6 Å². The monoisotopic (exact) mass is 412 g/mol. The average molecular weight is 412 g/mol. The molecule has 7 heteroatoms. The number of hydrogen-bond donors (Lipinski definition) is 2. The average Bonchev–Trinajstić information content (AvgIpc) is 2.66. The number of halogens is 1. The van der Waals surface area contributed by atoms with Gasteiger partial charge in [0.05, 0.1) is 16.3 Å². The second-order valence-corrected chi connectivity index (χ2v) is 8.52. The van der Waals surface area contributed by atoms with Gasteiger partial charge in [-0.25, -0.2) is 12.8 Å². The molecule has 0 aliphatic heterocycles. The fourth-order valence-corrected chi connectivity index (χ4v) is 3.99. The summed E-state index contributed by atoms with van der Waals surface area (Å²) in [5, 5.41) is 2.52. The van der Waals surface area contributed by atoms with E-state index in [1.165, 1.54) is 24.3 Å². The highest BCUT2D eigenvalue weighted by Crippen LogP contribution is 2.23. The van der Waals surface area contributed by atoms with Crippen LogP contribution in [0.4, 0.5) is 15.8 Å². The predicted octanol–water partition coefficient (Wildman–Crippen LogP) is 4.80. The molecule has 0 bridgehead atoms. The minimum absolute atomic E-state index is 0.0423. The lowest BCUT2D eigenvalue weighted by atomic mass is 10.1. The Bertz CT molecular complexity index is 1190. The van der Waals surface area contributed by atoms with Crippen molar-refractivity contribution in [1.82, 2.24) is 0 Å². The van der Waals surface area contributed by atoms with Crippen molar-refractivity contribution < 1.29 is 17.6 Å². The molecule has 3 aromatic rings. The summed E-state index contributed by atoms with van der Waals surface area (Å²) in [5.41, 5.74) is 2.79. The van der Waals surface area contributed by atoms with E-state index in [0.29, 0.717) is 11.3 Å². The van der Waals surface area contributed by atoms with Crippen molar-refractivity contribution in [3.63, 3.8) is 0 Å². The Morgan fingerprint density at radius 1 is 0.862 bits per heavy atom. The SMILES string of the molecule is Cc1ccc(F)c(NC(=O)c2cc(S(=O)(=O)Nc3ccccc3C)ccc2C)c1. The molecule has 1 amide bonds. The van der Waals surface area contributed by atoms with Crippen LogP contribution in [0.15, 0.2) is 65.6 Å². The third-order valence-electron chi connectivity index (χ3n) is 4.52. The number of carbonyl (C=O) groups is 1. The number of nitrogens with one attached hydrogen (secondary N) is 2. The van der Waals surface area contributed by atoms with Crippen LogP contribution in [0.2, 0.25) is 0 Å². The van der Waals surface area contributed by atoms with Gasteiger partial charge in [0, 0.05) is 5.56 Å². The topological polar surface area (TPSA) is 75.3 Å². The molecule has 3 rings (SSSR count). The van der Waals surface area contributed by atoms with Crippen molar-refractivity contribution in [3.8, 4) is 0 Å². The number of rotatable bonds is 5. The van der Waals surface area contributed by atoms with E-state index in [0.717, 1.165) is 11.1 Å². The van der Waals surface area contributed by atoms with Crippen LogP contribution in [0.1, 0.15) is 27.0 Å². The van der Waals surface area contributed by atoms with Crippen LogP contribution in [-0.2, 0) is 10.0 Å². The normalized spacial score (nSPS) is 11.2. The molecule has 29 heavy (non-hydrogen) atoms. The molecule has 0 radical (unpaired) electrons. The second kappa shape index (κ2) is 8.05. The molecule has 2 N–H and O–H groups in total. The number of carbonyl (C=O) groups excluding carboxylic acids is 1. The summed E-state index contributed by atoms with van der Waals surface area (Å²) in [6, 6.07) is 15.7. The first-order chi connectivity index (χ1) is 13.7. The summed E-state index contributed by atoms with van der Waals surface area (Å²) >= 11 is 0. The molecule has 0 heterocycles. The molecule has 0 spiro atoms. The van der Waals surface area contributed by atoms with Gasteiger partial charge in [-0.1, -0.05) is 30.3 Å². The summed E-state index contributed by atoms with van der Waals surface area (Å²) in [6.07, 6.45) is 0. The molecule has 0 saturated heterocycles. The van der Waals surface area contributed by atoms with Crippen molar-refractivity contribution in [2.24, 2.45) is 0 Å². The van der Waals surface area contributed by atoms with E-state index in [4.69, 9.17) is 0 Å². The Hall–Kier alpha value is -3.19. The van der Waals surface area contributed by atoms with Gasteiger partial charge in [0.15, 0.2) is 0 Å². The van der Waals surface area contributed by atoms with Gasteiger partial charge in [-0.05, 0) is 67.8 Å². The lowest BCUT2D eigenvalue weighted by molar-refractivity contribution is 0.102. The maximum absolute atomic E-state index is 14.0. The molecular weight excluding hydrogens is 391 g/mol. The number of hydrogen-bond acceptors (Lipinski definition) is 3. The lowest BCUT2D eigenvalue weighted by Gasteiger charge is -2.13. The Morgan fingerprint density at radius 2 is 1.59 bits per heavy atom. The number of anilines is 2. The van der Waals surface area contributed by atoms with E-state index in [-0.39, 0.29) is 16.1 Å². The third-order valence-corrected chi connectivity index (χ3v) is 5.89. The zero-order valence-corrected chi connectivity index (χ0v) is 17.1. The fourth-order valence-electron chi connectivity index (χ4n) is 2.83. The van der Waals surface area contributed by atoms with Gasteiger partial charge in [-0.15, -0.1) is 0 Å². The molecule has 0 unspecified atom stereocenters. The molecule has 0 atom stereocenters. The zero-order valence-electron chi connectivity index (χ0n) is 16.3. The minimum Gasteiger partial charge on any atom is -0.319 e. The van der Waals surface area contributed by atoms with Gasteiger partial charge in [0.1, 0.15) is 5.82 Å². The molecule has 5 nitrogen and oxygen atoms in total. The van der Waals surface area contributed by atoms with Crippen molar-refractivity contribution in [1.29, 1.82) is 0 Å². The van der Waals surface area contributed by atoms with Crippen molar-refractivity contribution in [2.75, 3.05) is 10.0 Å². The molecule has 0 fully saturated rings. The predicted molar refractivity (Wildman–Crippen MR) is 112 cm³/mol. The highest BCUT2D eigenvalue weighted by molar-refractivity contribution is 7.92. The largest absolute Gasteiger partial charge is 0.319 e. The van der Waals surface area contributed by atoms with E-state index in [1.807, 2.05) is 6.07 Å². The van der Waals surface area contributed by atoms with E-state index in [1.54, 1.807) is 51.1 Å². The minimum atomic E-state index is -3.90. The molecule has 0 aromatic heterocycles. The Balaban J connectivity index is 1.92. The summed E-state index contributed by atoms with van der Waals surface area (Å²) in [4.78, 5) is 12.6. The maximum Gasteiger partial charge on any atom is 0.261 e. The summed E-state index contributed by atoms with van der Waals surface area (Å²) in [5.74, 6) is -1.15. The number of amides is 1. The standard InChI is InChI=1S/C22H21FN2O3S/c1-14-8-11-19(23)21(12-14)24-22(26)18-13-17(10-9-15(18)2)29(27,28)25-20-7-5-4-6-16(20)3/h4-13,25H,1-3H3,(H,24,26). The first-order valence-electron chi connectivity index (χ1n) is 8.94. The molecular formula is C22H21FN2O3S. The van der Waals surface area contributed by atoms with Crippen LogP contribution < -0.4 is 10.0 Å². The maximum atomic E-state index is 14.0. The highest BCUT2D eigenvalue weighted by Gasteiger charge is 2.19. The number of benzene rings is 3. The summed E-state index contributed by atoms with van der Waals surface area (Å²) in [7, 11) is -3.90. The van der Waals surface area contributed by atoms with Gasteiger partial charge in [-0.3, -0.25) is 9.52 Å². The van der Waals surface area contributed by atoms with Crippen LogP contribution in [0.25, 0.3) is 0 Å². The summed E-state index contributed by atoms with van der Waals surface area (Å²) < 4.78 is 42.1. The smallest absolute Gasteiger partial charge is 0.261 e. The molecule has 0 aliphatic carbocycles. The van der Waals surface area contributed by atoms with Crippen molar-refractivity contribution in [2.45, 2.75) is 25.7 Å². The lowest BCUT2D eigenvalue weighted by Crippen LogP contribution is -2.18. The second-order valence-electron chi connectivity index (χ2n) is 6.83. The van der Waals surface area contributed by atoms with Crippen LogP contribution in [0.3, 0.4) is 0 Å². The highest BCUT2D eigenvalue weighted by atomic mass is 32.2. The molecule has 0 aliphatic rings. The number of para-hydroxylation sites is 1. The van der Waals surface area contributed by atoms with Crippen LogP contribution in [0.5, 0.6) is 0 Å². The van der Waals surface area contributed by atoms with Gasteiger partial charge in [0.2, 0.25) is 0 Å². The van der Waals surface area contributed by atoms with Gasteiger partial charge >= 0.3 is 0 Å². The van der Waals surface area contributed by atoms with Crippen LogP contribution in [-0.4, -0.2) is 14.3 Å². The van der Waals surface area contributed by atoms with Gasteiger partial charge < -0.3 is 5.32 Å². The van der Waals surface area contributed by atoms with Crippen molar-refractivity contribution in [3.05, 3.63) is 88.7 Å². The fraction of sp³-hybridized carbons (Fsp3) is 0.136. The molecule has 3 aromatic carbocycles. The molecule has 0 saturated carbocycles. The van der Waals surface area contributed by atoms with E-state index >= 15 is 0 Å². The first kappa shape index (κ1) is 20.5. The van der Waals surface area contributed by atoms with Crippen LogP contribution >= 0.6 is 0 Å². The number of aryl methyl sites for hydroxylation is 3. The number of sulfonamides is 1. The molecule has 150 valence electrons. The van der Waals surface area contributed by atoms with Gasteiger partial charge in [0.25, 0.3) is 15.9 Å². The Labute approximate surface area is 169 Å². The summed E-state index contributed by atoms with van der Waals surface area (Å²) in [6.45, 7) is 5.26. The Kier molecular flexibility index (Phi) is 5.70. The van der Waals surface area contributed by atoms with E-state index in [2.05, 4.69) is 10.0 Å². The Morgan fingerprint density at radius 3 is 2.31 bits per heavy atom. The first-order valence-corrected chi connectivity index (χ1v) is 10.4. The van der Waals surface area contributed by atoms with E-state index < -0.39 is 21.7 Å². The third kappa shape index (κ3) is 4.63. The zero-order chi connectivity index (χ0) is 21.2. The van der Waals surface area contributed by atoms with Gasteiger partial charge in [-0.2, -0.15) is 0 Å². The van der Waals surface area contributed by atoms with E-state index in [9.17, 15) is 17.6 Å².